The van der Waals surface area contributed by atoms with Crippen LogP contribution in [0.4, 0.5) is 15.3 Å². The molecule has 0 spiro atoms. The molecule has 210 valence electrons. The molecule has 1 saturated heterocycles. The second kappa shape index (κ2) is 11.8. The van der Waals surface area contributed by atoms with Crippen LogP contribution >= 0.6 is 11.3 Å². The molecule has 0 radical (unpaired) electrons. The van der Waals surface area contributed by atoms with Crippen LogP contribution in [0, 0.1) is 17.7 Å². The van der Waals surface area contributed by atoms with Crippen LogP contribution in [0.2, 0.25) is 0 Å². The molecule has 2 aliphatic rings. The molecule has 4 heterocycles. The highest BCUT2D eigenvalue weighted by atomic mass is 32.1. The second-order valence-corrected chi connectivity index (χ2v) is 11.2. The number of aryl methyl sites for hydroxylation is 1. The van der Waals surface area contributed by atoms with E-state index in [-0.39, 0.29) is 24.2 Å². The van der Waals surface area contributed by atoms with Gasteiger partial charge in [-0.15, -0.1) is 11.3 Å². The lowest BCUT2D eigenvalue weighted by molar-refractivity contribution is -0.141. The lowest BCUT2D eigenvalue weighted by atomic mass is 9.86. The standard InChI is InChI=1S/C29H31FN4O5S/c1-33-25(35)6-3-18-12-20(15-31-27(18)33)22-5-4-21(30)14-23(22)24-16-40-29(32-24)34(2)28(38)19(13-26(36)37)11-17-7-9-39-10-8-17/h4-5,12,14-17,19H,3,6-11,13H2,1-2H3,(H,36,37)/t19-/m1/s1. The van der Waals surface area contributed by atoms with Crippen molar-refractivity contribution in [2.24, 2.45) is 11.8 Å². The van der Waals surface area contributed by atoms with Gasteiger partial charge in [0.15, 0.2) is 5.13 Å². The average molecular weight is 567 g/mol. The van der Waals surface area contributed by atoms with E-state index in [4.69, 9.17) is 4.74 Å². The average Bonchev–Trinajstić information content (AvgIpc) is 3.44. The van der Waals surface area contributed by atoms with E-state index in [1.54, 1.807) is 36.6 Å². The number of thiazole rings is 1. The first-order valence-corrected chi connectivity index (χ1v) is 14.2. The van der Waals surface area contributed by atoms with E-state index in [9.17, 15) is 23.9 Å². The van der Waals surface area contributed by atoms with Gasteiger partial charge in [-0.2, -0.15) is 0 Å². The molecule has 0 unspecified atom stereocenters. The molecule has 2 aromatic heterocycles. The third-order valence-electron chi connectivity index (χ3n) is 7.65. The lowest BCUT2D eigenvalue weighted by Gasteiger charge is -2.27. The number of fused-ring (bicyclic) bond motifs is 1. The van der Waals surface area contributed by atoms with Crippen molar-refractivity contribution in [3.63, 3.8) is 0 Å². The maximum absolute atomic E-state index is 14.4. The molecular weight excluding hydrogens is 535 g/mol. The molecule has 5 rings (SSSR count). The monoisotopic (exact) mass is 566 g/mol. The van der Waals surface area contributed by atoms with Crippen LogP contribution in [-0.2, 0) is 25.5 Å². The smallest absolute Gasteiger partial charge is 0.304 e. The third-order valence-corrected chi connectivity index (χ3v) is 8.57. The van der Waals surface area contributed by atoms with Crippen molar-refractivity contribution in [1.82, 2.24) is 9.97 Å². The van der Waals surface area contributed by atoms with E-state index in [0.717, 1.165) is 29.5 Å². The van der Waals surface area contributed by atoms with Crippen LogP contribution in [-0.4, -0.2) is 60.2 Å². The first-order valence-electron chi connectivity index (χ1n) is 13.3. The maximum Gasteiger partial charge on any atom is 0.304 e. The van der Waals surface area contributed by atoms with Crippen LogP contribution in [0.5, 0.6) is 0 Å². The van der Waals surface area contributed by atoms with Gasteiger partial charge in [-0.1, -0.05) is 6.07 Å². The van der Waals surface area contributed by atoms with E-state index in [0.29, 0.717) is 54.7 Å². The number of carboxylic acid groups (broad SMARTS) is 1. The van der Waals surface area contributed by atoms with Crippen molar-refractivity contribution < 1.29 is 28.6 Å². The first-order chi connectivity index (χ1) is 19.2. The van der Waals surface area contributed by atoms with Crippen molar-refractivity contribution in [1.29, 1.82) is 0 Å². The Labute approximate surface area is 235 Å². The minimum atomic E-state index is -1.02. The van der Waals surface area contributed by atoms with Crippen molar-refractivity contribution in [3.8, 4) is 22.4 Å². The molecule has 3 aromatic rings. The second-order valence-electron chi connectivity index (χ2n) is 10.3. The number of benzene rings is 1. The summed E-state index contributed by atoms with van der Waals surface area (Å²) in [6, 6.07) is 6.43. The summed E-state index contributed by atoms with van der Waals surface area (Å²) in [7, 11) is 3.30. The lowest BCUT2D eigenvalue weighted by Crippen LogP contribution is -2.35. The Balaban J connectivity index is 1.41. The Hall–Kier alpha value is -3.70. The van der Waals surface area contributed by atoms with Crippen molar-refractivity contribution >= 4 is 40.1 Å². The minimum absolute atomic E-state index is 0.0160. The van der Waals surface area contributed by atoms with Gasteiger partial charge in [-0.05, 0) is 60.9 Å². The Morgan fingerprint density at radius 1 is 1.23 bits per heavy atom. The molecule has 1 aromatic carbocycles. The van der Waals surface area contributed by atoms with E-state index >= 15 is 0 Å². The van der Waals surface area contributed by atoms with Crippen molar-refractivity contribution in [2.45, 2.75) is 38.5 Å². The van der Waals surface area contributed by atoms with Gasteiger partial charge in [0.25, 0.3) is 0 Å². The van der Waals surface area contributed by atoms with Crippen LogP contribution in [0.25, 0.3) is 22.4 Å². The zero-order valence-electron chi connectivity index (χ0n) is 22.4. The fourth-order valence-electron chi connectivity index (χ4n) is 5.42. The molecule has 1 atom stereocenters. The number of amides is 2. The molecule has 0 aliphatic carbocycles. The van der Waals surface area contributed by atoms with E-state index < -0.39 is 17.7 Å². The zero-order chi connectivity index (χ0) is 28.4. The Bertz CT molecular complexity index is 1440. The summed E-state index contributed by atoms with van der Waals surface area (Å²) in [5, 5.41) is 11.6. The third kappa shape index (κ3) is 5.90. The molecular formula is C29H31FN4O5S. The van der Waals surface area contributed by atoms with Gasteiger partial charge >= 0.3 is 5.97 Å². The summed E-state index contributed by atoms with van der Waals surface area (Å²) in [4.78, 5) is 49.2. The Morgan fingerprint density at radius 3 is 2.75 bits per heavy atom. The highest BCUT2D eigenvalue weighted by molar-refractivity contribution is 7.14. The predicted octanol–water partition coefficient (Wildman–Crippen LogP) is 4.79. The number of carboxylic acids is 1. The quantitative estimate of drug-likeness (QED) is 0.417. The summed E-state index contributed by atoms with van der Waals surface area (Å²) in [6.45, 7) is 1.24. The summed E-state index contributed by atoms with van der Waals surface area (Å²) < 4.78 is 19.9. The SMILES string of the molecule is CN(C(=O)[C@@H](CC(=O)O)CC1CCOCC1)c1nc(-c2cc(F)ccc2-c2cnc3c(c2)CCC(=O)N3C)cs1. The molecule has 40 heavy (non-hydrogen) atoms. The Kier molecular flexibility index (Phi) is 8.22. The number of nitrogens with zero attached hydrogens (tertiary/aromatic N) is 4. The molecule has 2 amide bonds. The highest BCUT2D eigenvalue weighted by Crippen LogP contribution is 2.37. The van der Waals surface area contributed by atoms with Crippen LogP contribution in [0.15, 0.2) is 35.8 Å². The topological polar surface area (TPSA) is 113 Å². The van der Waals surface area contributed by atoms with Gasteiger partial charge in [0.1, 0.15) is 11.6 Å². The fourth-order valence-corrected chi connectivity index (χ4v) is 6.22. The molecule has 9 nitrogen and oxygen atoms in total. The number of aliphatic carboxylic acids is 1. The summed E-state index contributed by atoms with van der Waals surface area (Å²) >= 11 is 1.24. The van der Waals surface area contributed by atoms with Gasteiger partial charge < -0.3 is 9.84 Å². The maximum atomic E-state index is 14.4. The number of carbonyl (C=O) groups excluding carboxylic acids is 2. The van der Waals surface area contributed by atoms with Crippen molar-refractivity contribution in [2.75, 3.05) is 37.1 Å². The van der Waals surface area contributed by atoms with Crippen LogP contribution < -0.4 is 9.80 Å². The predicted molar refractivity (Wildman–Crippen MR) is 150 cm³/mol. The number of carbonyl (C=O) groups is 3. The minimum Gasteiger partial charge on any atom is -0.481 e. The Morgan fingerprint density at radius 2 is 2.00 bits per heavy atom. The van der Waals surface area contributed by atoms with Gasteiger partial charge in [0.05, 0.1) is 12.1 Å². The number of halogens is 1. The molecule has 11 heteroatoms. The normalized spacial score (nSPS) is 16.5. The number of rotatable bonds is 8. The summed E-state index contributed by atoms with van der Waals surface area (Å²) in [6.07, 6.45) is 4.49. The van der Waals surface area contributed by atoms with Crippen LogP contribution in [0.3, 0.4) is 0 Å². The number of hydrogen-bond donors (Lipinski definition) is 1. The highest BCUT2D eigenvalue weighted by Gasteiger charge is 2.30. The van der Waals surface area contributed by atoms with E-state index in [2.05, 4.69) is 9.97 Å². The van der Waals surface area contributed by atoms with Gasteiger partial charge in [0, 0.05) is 62.4 Å². The largest absolute Gasteiger partial charge is 0.481 e. The number of hydrogen-bond acceptors (Lipinski definition) is 7. The molecule has 0 bridgehead atoms. The molecule has 0 saturated carbocycles. The number of anilines is 2. The van der Waals surface area contributed by atoms with Gasteiger partial charge in [-0.3, -0.25) is 24.2 Å². The zero-order valence-corrected chi connectivity index (χ0v) is 23.2. The number of aromatic nitrogens is 2. The van der Waals surface area contributed by atoms with E-state index in [1.165, 1.54) is 28.4 Å². The number of pyridine rings is 1. The molecule has 1 fully saturated rings. The van der Waals surface area contributed by atoms with Gasteiger partial charge in [0.2, 0.25) is 11.8 Å². The van der Waals surface area contributed by atoms with E-state index in [1.807, 2.05) is 6.07 Å². The number of ether oxygens (including phenoxy) is 1. The summed E-state index contributed by atoms with van der Waals surface area (Å²) in [5.74, 6) is -1.54. The fraction of sp³-hybridized carbons (Fsp3) is 0.414. The molecule has 1 N–H and O–H groups in total. The first kappa shape index (κ1) is 27.9. The molecule has 2 aliphatic heterocycles. The van der Waals surface area contributed by atoms with Crippen molar-refractivity contribution in [3.05, 3.63) is 47.2 Å². The van der Waals surface area contributed by atoms with Crippen LogP contribution in [0.1, 0.15) is 37.7 Å². The van der Waals surface area contributed by atoms with Gasteiger partial charge in [-0.25, -0.2) is 14.4 Å². The summed E-state index contributed by atoms with van der Waals surface area (Å²) in [5.41, 5.74) is 3.49.